The summed E-state index contributed by atoms with van der Waals surface area (Å²) in [5.41, 5.74) is -0.0627. The number of carbonyl (C=O) groups is 1. The summed E-state index contributed by atoms with van der Waals surface area (Å²) in [5, 5.41) is 20.3. The van der Waals surface area contributed by atoms with E-state index in [9.17, 15) is 19.8 Å². The van der Waals surface area contributed by atoms with Crippen molar-refractivity contribution in [3.05, 3.63) is 16.7 Å². The number of hydrogen-bond acceptors (Lipinski definition) is 9. The first-order valence-electron chi connectivity index (χ1n) is 8.15. The zero-order valence-electron chi connectivity index (χ0n) is 14.3. The van der Waals surface area contributed by atoms with Gasteiger partial charge >= 0.3 is 5.97 Å². The smallest absolute Gasteiger partial charge is 0.306 e. The van der Waals surface area contributed by atoms with Crippen LogP contribution in [-0.2, 0) is 14.3 Å². The van der Waals surface area contributed by atoms with Crippen LogP contribution in [0.3, 0.4) is 0 Å². The van der Waals surface area contributed by atoms with Crippen molar-refractivity contribution < 1.29 is 24.5 Å². The van der Waals surface area contributed by atoms with Crippen LogP contribution in [0.5, 0.6) is 0 Å². The van der Waals surface area contributed by atoms with Crippen molar-refractivity contribution >= 4 is 28.9 Å². The molecule has 3 heterocycles. The number of ether oxygens (including phenoxy) is 2. The first-order chi connectivity index (χ1) is 12.5. The second kappa shape index (κ2) is 7.74. The Balaban J connectivity index is 2.07. The molecule has 0 amide bonds. The van der Waals surface area contributed by atoms with Crippen LogP contribution < -0.4 is 5.56 Å². The predicted octanol–water partition coefficient (Wildman–Crippen LogP) is -0.196. The summed E-state index contributed by atoms with van der Waals surface area (Å²) >= 11 is 1.25. The molecule has 2 aromatic heterocycles. The minimum absolute atomic E-state index is 0.112. The van der Waals surface area contributed by atoms with Crippen molar-refractivity contribution in [2.24, 2.45) is 0 Å². The lowest BCUT2D eigenvalue weighted by atomic mass is 10.1. The van der Waals surface area contributed by atoms with E-state index in [2.05, 4.69) is 15.0 Å². The van der Waals surface area contributed by atoms with Crippen molar-refractivity contribution in [3.8, 4) is 0 Å². The standard InChI is InChI=1S/C15H20N4O6S/c1-3-4-8(21)25-11-10(22)7(5-20)24-14(11)19-12-9(18-15(19)26-2)13(23)17-6-16-12/h6-7,10-11,14,20,22H,3-5H2,1-2H3,(H,16,17,23)/t7-,10-,11-,14-/m1/s1. The highest BCUT2D eigenvalue weighted by molar-refractivity contribution is 7.98. The number of aromatic amines is 1. The number of rotatable bonds is 6. The van der Waals surface area contributed by atoms with Gasteiger partial charge in [0.25, 0.3) is 5.56 Å². The molecule has 0 aliphatic carbocycles. The third-order valence-electron chi connectivity index (χ3n) is 4.10. The van der Waals surface area contributed by atoms with Crippen molar-refractivity contribution in [2.75, 3.05) is 12.9 Å². The number of nitrogens with one attached hydrogen (secondary N) is 1. The molecule has 3 rings (SSSR count). The molecule has 142 valence electrons. The van der Waals surface area contributed by atoms with Gasteiger partial charge in [0.15, 0.2) is 28.7 Å². The summed E-state index contributed by atoms with van der Waals surface area (Å²) in [7, 11) is 0. The molecule has 3 N–H and O–H groups in total. The first-order valence-corrected chi connectivity index (χ1v) is 9.37. The van der Waals surface area contributed by atoms with Crippen LogP contribution >= 0.6 is 11.8 Å². The van der Waals surface area contributed by atoms with Crippen molar-refractivity contribution in [3.63, 3.8) is 0 Å². The highest BCUT2D eigenvalue weighted by atomic mass is 32.2. The Labute approximate surface area is 152 Å². The maximum absolute atomic E-state index is 12.0. The number of esters is 1. The van der Waals surface area contributed by atoms with Crippen molar-refractivity contribution in [1.82, 2.24) is 19.5 Å². The zero-order chi connectivity index (χ0) is 18.8. The minimum Gasteiger partial charge on any atom is -0.455 e. The fourth-order valence-electron chi connectivity index (χ4n) is 2.89. The number of aliphatic hydroxyl groups excluding tert-OH is 2. The van der Waals surface area contributed by atoms with Crippen LogP contribution in [-0.4, -0.2) is 66.9 Å². The van der Waals surface area contributed by atoms with Gasteiger partial charge in [-0.15, -0.1) is 0 Å². The van der Waals surface area contributed by atoms with Crippen LogP contribution in [0.1, 0.15) is 26.0 Å². The van der Waals surface area contributed by atoms with E-state index >= 15 is 0 Å². The van der Waals surface area contributed by atoms with Gasteiger partial charge < -0.3 is 24.7 Å². The molecule has 2 aromatic rings. The lowest BCUT2D eigenvalue weighted by Gasteiger charge is -2.23. The largest absolute Gasteiger partial charge is 0.455 e. The Morgan fingerprint density at radius 1 is 1.54 bits per heavy atom. The maximum Gasteiger partial charge on any atom is 0.306 e. The van der Waals surface area contributed by atoms with E-state index in [0.717, 1.165) is 0 Å². The second-order valence-corrected chi connectivity index (χ2v) is 6.59. The summed E-state index contributed by atoms with van der Waals surface area (Å²) in [6.45, 7) is 1.39. The number of imidazole rings is 1. The van der Waals surface area contributed by atoms with Crippen LogP contribution in [0.2, 0.25) is 0 Å². The van der Waals surface area contributed by atoms with E-state index < -0.39 is 42.7 Å². The Kier molecular flexibility index (Phi) is 5.61. The fraction of sp³-hybridized carbons (Fsp3) is 0.600. The highest BCUT2D eigenvalue weighted by Gasteiger charge is 2.48. The van der Waals surface area contributed by atoms with E-state index in [4.69, 9.17) is 9.47 Å². The minimum atomic E-state index is -1.22. The molecule has 0 aromatic carbocycles. The van der Waals surface area contributed by atoms with E-state index in [1.807, 2.05) is 6.92 Å². The molecule has 0 unspecified atom stereocenters. The number of thioether (sulfide) groups is 1. The van der Waals surface area contributed by atoms with Gasteiger partial charge in [-0.25, -0.2) is 9.97 Å². The quantitative estimate of drug-likeness (QED) is 0.456. The Morgan fingerprint density at radius 3 is 2.96 bits per heavy atom. The average molecular weight is 384 g/mol. The monoisotopic (exact) mass is 384 g/mol. The van der Waals surface area contributed by atoms with Gasteiger partial charge in [0, 0.05) is 6.42 Å². The van der Waals surface area contributed by atoms with E-state index in [1.165, 1.54) is 22.7 Å². The molecule has 1 aliphatic rings. The summed E-state index contributed by atoms with van der Waals surface area (Å²) < 4.78 is 12.7. The lowest BCUT2D eigenvalue weighted by molar-refractivity contribution is -0.158. The molecule has 0 saturated carbocycles. The fourth-order valence-corrected chi connectivity index (χ4v) is 3.46. The molecule has 1 aliphatic heterocycles. The second-order valence-electron chi connectivity index (χ2n) is 5.82. The molecular weight excluding hydrogens is 364 g/mol. The molecule has 10 nitrogen and oxygen atoms in total. The third kappa shape index (κ3) is 3.22. The number of fused-ring (bicyclic) bond motifs is 1. The Morgan fingerprint density at radius 2 is 2.31 bits per heavy atom. The Hall–Kier alpha value is -1.95. The average Bonchev–Trinajstić information content (AvgIpc) is 3.14. The molecule has 0 radical (unpaired) electrons. The van der Waals surface area contributed by atoms with Gasteiger partial charge in [-0.3, -0.25) is 14.2 Å². The third-order valence-corrected chi connectivity index (χ3v) is 4.76. The van der Waals surface area contributed by atoms with Gasteiger partial charge in [-0.05, 0) is 12.7 Å². The summed E-state index contributed by atoms with van der Waals surface area (Å²) in [6, 6.07) is 0. The van der Waals surface area contributed by atoms with Gasteiger partial charge in [0.2, 0.25) is 0 Å². The van der Waals surface area contributed by atoms with E-state index in [1.54, 1.807) is 6.26 Å². The molecule has 11 heteroatoms. The predicted molar refractivity (Wildman–Crippen MR) is 91.7 cm³/mol. The van der Waals surface area contributed by atoms with Crippen LogP contribution in [0.15, 0.2) is 16.3 Å². The number of aliphatic hydroxyl groups is 2. The topological polar surface area (TPSA) is 140 Å². The molecular formula is C15H20N4O6S. The molecule has 1 fully saturated rings. The summed E-state index contributed by atoms with van der Waals surface area (Å²) in [5.74, 6) is -0.482. The van der Waals surface area contributed by atoms with Gasteiger partial charge in [-0.1, -0.05) is 18.7 Å². The number of carbonyl (C=O) groups excluding carboxylic acids is 1. The zero-order valence-corrected chi connectivity index (χ0v) is 15.1. The molecule has 1 saturated heterocycles. The number of aromatic nitrogens is 4. The summed E-state index contributed by atoms with van der Waals surface area (Å²) in [4.78, 5) is 34.8. The van der Waals surface area contributed by atoms with Crippen molar-refractivity contribution in [2.45, 2.75) is 49.5 Å². The first kappa shape index (κ1) is 18.8. The van der Waals surface area contributed by atoms with Gasteiger partial charge in [0.1, 0.15) is 12.2 Å². The molecule has 4 atom stereocenters. The van der Waals surface area contributed by atoms with Crippen LogP contribution in [0.4, 0.5) is 0 Å². The van der Waals surface area contributed by atoms with Gasteiger partial charge in [0.05, 0.1) is 12.9 Å². The van der Waals surface area contributed by atoms with E-state index in [0.29, 0.717) is 11.6 Å². The Bertz CT molecular complexity index is 852. The molecule has 26 heavy (non-hydrogen) atoms. The van der Waals surface area contributed by atoms with Crippen molar-refractivity contribution in [1.29, 1.82) is 0 Å². The SMILES string of the molecule is CCCC(=O)O[C@@H]1[C@H](O)[C@@H](CO)O[C@H]1n1c(SC)nc2c(=O)[nH]cnc21. The highest BCUT2D eigenvalue weighted by Crippen LogP contribution is 2.36. The van der Waals surface area contributed by atoms with E-state index in [-0.39, 0.29) is 17.6 Å². The number of H-pyrrole nitrogens is 1. The molecule has 0 bridgehead atoms. The number of nitrogens with zero attached hydrogens (tertiary/aromatic N) is 3. The molecule has 0 spiro atoms. The van der Waals surface area contributed by atoms with Crippen LogP contribution in [0.25, 0.3) is 11.2 Å². The van der Waals surface area contributed by atoms with Crippen LogP contribution in [0, 0.1) is 0 Å². The normalized spacial score (nSPS) is 25.7. The number of hydrogen-bond donors (Lipinski definition) is 3. The maximum atomic E-state index is 12.0. The summed E-state index contributed by atoms with van der Waals surface area (Å²) in [6.07, 6.45) is -0.400. The van der Waals surface area contributed by atoms with Gasteiger partial charge in [-0.2, -0.15) is 0 Å². The lowest BCUT2D eigenvalue weighted by Crippen LogP contribution is -2.37.